The molecule has 4 heterocycles. The zero-order valence-electron chi connectivity index (χ0n) is 20.2. The van der Waals surface area contributed by atoms with Gasteiger partial charge in [-0.3, -0.25) is 9.74 Å². The quantitative estimate of drug-likeness (QED) is 0.564. The number of nitrogens with zero attached hydrogens (tertiary/aromatic N) is 5. The molecule has 1 amide bonds. The van der Waals surface area contributed by atoms with E-state index in [-0.39, 0.29) is 30.6 Å². The van der Waals surface area contributed by atoms with Crippen molar-refractivity contribution >= 4 is 6.09 Å². The van der Waals surface area contributed by atoms with Crippen LogP contribution in [0.5, 0.6) is 0 Å². The Balaban J connectivity index is 1.15. The molecule has 184 valence electrons. The molecule has 0 radical (unpaired) electrons. The Hall–Kier alpha value is -2.53. The molecule has 10 nitrogen and oxygen atoms in total. The summed E-state index contributed by atoms with van der Waals surface area (Å²) in [6.07, 6.45) is 1.88. The van der Waals surface area contributed by atoms with E-state index >= 15 is 0 Å². The smallest absolute Gasteiger partial charge is 0.410 e. The molecular weight excluding hydrogens is 438 g/mol. The van der Waals surface area contributed by atoms with Crippen LogP contribution < -0.4 is 0 Å². The van der Waals surface area contributed by atoms with Crippen LogP contribution in [0.2, 0.25) is 0 Å². The first-order chi connectivity index (χ1) is 16.3. The first-order valence-corrected chi connectivity index (χ1v) is 11.9. The molecule has 3 fully saturated rings. The summed E-state index contributed by atoms with van der Waals surface area (Å²) in [6, 6.07) is 10.5. The molecule has 3 saturated heterocycles. The average molecular weight is 472 g/mol. The SMILES string of the molecule is CN(CCc1nnc([C@@H]2CC[C@@H]3CN2C2OC2N3OCc2ccccc2)o1)C(=O)OC(C)(C)C. The number of hydrogen-bond donors (Lipinski definition) is 0. The van der Waals surface area contributed by atoms with E-state index in [0.29, 0.717) is 31.4 Å². The normalized spacial score (nSPS) is 28.3. The highest BCUT2D eigenvalue weighted by Gasteiger charge is 2.59. The summed E-state index contributed by atoms with van der Waals surface area (Å²) in [5.74, 6) is 1.13. The minimum absolute atomic E-state index is 0.0222. The molecule has 10 heteroatoms. The van der Waals surface area contributed by atoms with Crippen LogP contribution in [0.1, 0.15) is 57.0 Å². The van der Waals surface area contributed by atoms with Crippen molar-refractivity contribution in [2.24, 2.45) is 0 Å². The Morgan fingerprint density at radius 1 is 1.18 bits per heavy atom. The van der Waals surface area contributed by atoms with Crippen molar-refractivity contribution < 1.29 is 23.5 Å². The predicted molar refractivity (Wildman–Crippen MR) is 121 cm³/mol. The lowest BCUT2D eigenvalue weighted by Crippen LogP contribution is -2.56. The lowest BCUT2D eigenvalue weighted by atomic mass is 9.95. The maximum absolute atomic E-state index is 12.1. The van der Waals surface area contributed by atoms with E-state index in [1.807, 2.05) is 44.0 Å². The maximum Gasteiger partial charge on any atom is 0.410 e. The van der Waals surface area contributed by atoms with Crippen molar-refractivity contribution in [2.75, 3.05) is 20.1 Å². The van der Waals surface area contributed by atoms with Gasteiger partial charge in [-0.15, -0.1) is 10.2 Å². The van der Waals surface area contributed by atoms with Gasteiger partial charge >= 0.3 is 6.09 Å². The number of hydrogen-bond acceptors (Lipinski definition) is 9. The van der Waals surface area contributed by atoms with E-state index in [1.54, 1.807) is 7.05 Å². The number of carbonyl (C=O) groups excluding carboxylic acids is 1. The van der Waals surface area contributed by atoms with Crippen LogP contribution in [-0.4, -0.2) is 75.4 Å². The van der Waals surface area contributed by atoms with Gasteiger partial charge in [0, 0.05) is 26.6 Å². The second kappa shape index (κ2) is 9.26. The summed E-state index contributed by atoms with van der Waals surface area (Å²) in [6.45, 7) is 7.36. The molecule has 5 rings (SSSR count). The average Bonchev–Trinajstić information content (AvgIpc) is 3.46. The third-order valence-corrected chi connectivity index (χ3v) is 6.34. The lowest BCUT2D eigenvalue weighted by Gasteiger charge is -2.44. The Labute approximate surface area is 199 Å². The van der Waals surface area contributed by atoms with Gasteiger partial charge in [0.2, 0.25) is 11.8 Å². The van der Waals surface area contributed by atoms with Gasteiger partial charge in [0.1, 0.15) is 5.60 Å². The molecule has 0 aliphatic carbocycles. The van der Waals surface area contributed by atoms with Gasteiger partial charge in [0.15, 0.2) is 12.5 Å². The molecule has 34 heavy (non-hydrogen) atoms. The van der Waals surface area contributed by atoms with Gasteiger partial charge in [-0.05, 0) is 39.2 Å². The van der Waals surface area contributed by atoms with E-state index < -0.39 is 5.60 Å². The number of piperidine rings is 1. The van der Waals surface area contributed by atoms with Gasteiger partial charge in [-0.1, -0.05) is 30.3 Å². The van der Waals surface area contributed by atoms with Crippen LogP contribution in [0, 0.1) is 0 Å². The Kier molecular flexibility index (Phi) is 6.32. The Morgan fingerprint density at radius 2 is 1.97 bits per heavy atom. The highest BCUT2D eigenvalue weighted by atomic mass is 16.8. The van der Waals surface area contributed by atoms with Crippen LogP contribution in [0.25, 0.3) is 0 Å². The van der Waals surface area contributed by atoms with Gasteiger partial charge in [0.05, 0.1) is 18.7 Å². The number of rotatable bonds is 7. The fourth-order valence-corrected chi connectivity index (χ4v) is 4.56. The fraction of sp³-hybridized carbons (Fsp3) is 0.625. The number of hydroxylamine groups is 2. The van der Waals surface area contributed by atoms with Gasteiger partial charge < -0.3 is 18.8 Å². The zero-order chi connectivity index (χ0) is 23.9. The second-order valence-electron chi connectivity index (χ2n) is 10.2. The number of likely N-dealkylation sites (N-methyl/N-ethyl adjacent to an activating group) is 1. The van der Waals surface area contributed by atoms with Crippen LogP contribution in [0.3, 0.4) is 0 Å². The van der Waals surface area contributed by atoms with E-state index in [4.69, 9.17) is 18.7 Å². The highest BCUT2D eigenvalue weighted by molar-refractivity contribution is 5.67. The van der Waals surface area contributed by atoms with Gasteiger partial charge in [0.25, 0.3) is 0 Å². The summed E-state index contributed by atoms with van der Waals surface area (Å²) in [5.41, 5.74) is 0.618. The number of fused-ring (bicyclic) bond motifs is 4. The van der Waals surface area contributed by atoms with Crippen molar-refractivity contribution in [3.8, 4) is 0 Å². The number of aromatic nitrogens is 2. The molecule has 0 N–H and O–H groups in total. The number of ether oxygens (including phenoxy) is 2. The molecular formula is C24H33N5O5. The maximum atomic E-state index is 12.1. The second-order valence-corrected chi connectivity index (χ2v) is 10.2. The predicted octanol–water partition coefficient (Wildman–Crippen LogP) is 3.11. The van der Waals surface area contributed by atoms with E-state index in [2.05, 4.69) is 27.2 Å². The summed E-state index contributed by atoms with van der Waals surface area (Å²) in [7, 11) is 1.70. The molecule has 3 aliphatic heterocycles. The first-order valence-electron chi connectivity index (χ1n) is 11.9. The molecule has 0 saturated carbocycles. The van der Waals surface area contributed by atoms with E-state index in [1.165, 1.54) is 4.90 Å². The van der Waals surface area contributed by atoms with Crippen LogP contribution in [0.15, 0.2) is 34.7 Å². The van der Waals surface area contributed by atoms with Crippen LogP contribution in [-0.2, 0) is 27.3 Å². The minimum atomic E-state index is -0.527. The number of carbonyl (C=O) groups is 1. The zero-order valence-corrected chi connectivity index (χ0v) is 20.2. The van der Waals surface area contributed by atoms with E-state index in [0.717, 1.165) is 24.9 Å². The third kappa shape index (κ3) is 5.10. The number of piperazine rings is 1. The van der Waals surface area contributed by atoms with Crippen molar-refractivity contribution in [2.45, 2.75) is 76.8 Å². The molecule has 1 aromatic carbocycles. The van der Waals surface area contributed by atoms with Crippen LogP contribution >= 0.6 is 0 Å². The van der Waals surface area contributed by atoms with Crippen LogP contribution in [0.4, 0.5) is 4.79 Å². The third-order valence-electron chi connectivity index (χ3n) is 6.34. The van der Waals surface area contributed by atoms with Crippen molar-refractivity contribution in [1.82, 2.24) is 25.1 Å². The minimum Gasteiger partial charge on any atom is -0.444 e. The number of benzene rings is 1. The number of epoxide rings is 1. The molecule has 0 spiro atoms. The highest BCUT2D eigenvalue weighted by Crippen LogP contribution is 2.46. The topological polar surface area (TPSA) is 96.7 Å². The first kappa shape index (κ1) is 23.2. The Bertz CT molecular complexity index is 993. The summed E-state index contributed by atoms with van der Waals surface area (Å²) in [5, 5.41) is 10.6. The van der Waals surface area contributed by atoms with Crippen molar-refractivity contribution in [3.05, 3.63) is 47.7 Å². The molecule has 1 aromatic heterocycles. The van der Waals surface area contributed by atoms with Gasteiger partial charge in [-0.2, -0.15) is 5.06 Å². The Morgan fingerprint density at radius 3 is 2.74 bits per heavy atom. The van der Waals surface area contributed by atoms with Crippen molar-refractivity contribution in [3.63, 3.8) is 0 Å². The van der Waals surface area contributed by atoms with E-state index in [9.17, 15) is 4.79 Å². The molecule has 3 aliphatic rings. The summed E-state index contributed by atoms with van der Waals surface area (Å²) in [4.78, 5) is 22.1. The molecule has 3 unspecified atom stereocenters. The standard InChI is InChI=1S/C24H33N5O5/c1-24(2,3)34-23(30)27(4)13-12-19-25-26-20(32-19)18-11-10-17-14-28(18)21-22(33-21)29(17)31-15-16-8-6-5-7-9-16/h5-9,17-18,21-22H,10-15H2,1-4H3/t17-,18+,21?,22?/m1/s1. The lowest BCUT2D eigenvalue weighted by molar-refractivity contribution is -0.240. The van der Waals surface area contributed by atoms with Gasteiger partial charge in [-0.25, -0.2) is 4.79 Å². The summed E-state index contributed by atoms with van der Waals surface area (Å²) < 4.78 is 17.4. The monoisotopic (exact) mass is 471 g/mol. The fourth-order valence-electron chi connectivity index (χ4n) is 4.56. The molecule has 2 bridgehead atoms. The number of amides is 1. The molecule has 2 aromatic rings. The van der Waals surface area contributed by atoms with Crippen molar-refractivity contribution in [1.29, 1.82) is 0 Å². The molecule has 5 atom stereocenters. The summed E-state index contributed by atoms with van der Waals surface area (Å²) >= 11 is 0. The largest absolute Gasteiger partial charge is 0.444 e.